The quantitative estimate of drug-likeness (QED) is 0.270. The largest absolute Gasteiger partial charge is 0.454 e. The summed E-state index contributed by atoms with van der Waals surface area (Å²) >= 11 is 6.61. The van der Waals surface area contributed by atoms with E-state index in [0.717, 1.165) is 11.1 Å². The molecule has 9 nitrogen and oxygen atoms in total. The zero-order valence-electron chi connectivity index (χ0n) is 19.8. The lowest BCUT2D eigenvalue weighted by molar-refractivity contribution is -0.122. The average Bonchev–Trinajstić information content (AvgIpc) is 3.44. The van der Waals surface area contributed by atoms with Crippen molar-refractivity contribution in [2.24, 2.45) is 0 Å². The van der Waals surface area contributed by atoms with Gasteiger partial charge in [-0.2, -0.15) is 0 Å². The number of methoxy groups -OCH3 is 1. The second kappa shape index (κ2) is 10.3. The Balaban J connectivity index is 1.50. The Kier molecular flexibility index (Phi) is 6.95. The molecule has 4 heterocycles. The summed E-state index contributed by atoms with van der Waals surface area (Å²) in [7, 11) is 1.62. The summed E-state index contributed by atoms with van der Waals surface area (Å²) in [6.45, 7) is 3.48. The first-order valence-electron chi connectivity index (χ1n) is 11.3. The molecular weight excluding hydrogens is 500 g/mol. The van der Waals surface area contributed by atoms with Gasteiger partial charge in [0.25, 0.3) is 11.5 Å². The number of rotatable bonds is 8. The van der Waals surface area contributed by atoms with Crippen LogP contribution >= 0.6 is 24.0 Å². The fraction of sp³-hybridized carbons (Fsp3) is 0.280. The number of ether oxygens (including phenoxy) is 3. The van der Waals surface area contributed by atoms with Crippen molar-refractivity contribution in [2.45, 2.75) is 19.9 Å². The van der Waals surface area contributed by atoms with Gasteiger partial charge < -0.3 is 19.5 Å². The van der Waals surface area contributed by atoms with E-state index in [0.29, 0.717) is 58.3 Å². The summed E-state index contributed by atoms with van der Waals surface area (Å²) in [5, 5.41) is 3.27. The Bertz CT molecular complexity index is 1450. The maximum absolute atomic E-state index is 13.6. The highest BCUT2D eigenvalue weighted by molar-refractivity contribution is 8.26. The third-order valence-electron chi connectivity index (χ3n) is 5.78. The van der Waals surface area contributed by atoms with Crippen LogP contribution in [0.2, 0.25) is 0 Å². The SMILES string of the molecule is COCCCN1C(=O)/C(=C/c2c(NCc3ccc4c(c3)OCO4)nc3ccc(C)cn3c2=O)SC1=S. The number of carbonyl (C=O) groups is 1. The van der Waals surface area contributed by atoms with Gasteiger partial charge in [-0.1, -0.05) is 36.1 Å². The predicted molar refractivity (Wildman–Crippen MR) is 142 cm³/mol. The van der Waals surface area contributed by atoms with E-state index in [1.165, 1.54) is 16.2 Å². The number of hydrogen-bond acceptors (Lipinski definition) is 9. The monoisotopic (exact) mass is 524 g/mol. The highest BCUT2D eigenvalue weighted by atomic mass is 32.2. The summed E-state index contributed by atoms with van der Waals surface area (Å²) in [6.07, 6.45) is 3.99. The van der Waals surface area contributed by atoms with Gasteiger partial charge in [-0.3, -0.25) is 18.9 Å². The van der Waals surface area contributed by atoms with Gasteiger partial charge in [0, 0.05) is 33.0 Å². The second-order valence-corrected chi connectivity index (χ2v) is 10.0. The standard InChI is InChI=1S/C25H24N4O5S2/c1-15-4-7-21-27-22(26-12-16-5-6-18-19(10-16)34-14-33-18)17(23(30)29(21)13-15)11-20-24(31)28(25(35)36-20)8-3-9-32-2/h4-7,10-11,13,26H,3,8-9,12,14H2,1-2H3/b20-11-. The van der Waals surface area contributed by atoms with E-state index in [-0.39, 0.29) is 23.8 Å². The molecule has 1 fully saturated rings. The molecule has 2 aromatic heterocycles. The lowest BCUT2D eigenvalue weighted by Gasteiger charge is -2.14. The van der Waals surface area contributed by atoms with Gasteiger partial charge in [0.2, 0.25) is 6.79 Å². The van der Waals surface area contributed by atoms with Crippen LogP contribution in [-0.4, -0.2) is 51.6 Å². The van der Waals surface area contributed by atoms with Crippen LogP contribution in [0.5, 0.6) is 11.5 Å². The number of fused-ring (bicyclic) bond motifs is 2. The molecule has 0 aliphatic carbocycles. The molecule has 1 aromatic carbocycles. The van der Waals surface area contributed by atoms with Crippen molar-refractivity contribution >= 4 is 51.7 Å². The number of hydrogen-bond donors (Lipinski definition) is 1. The van der Waals surface area contributed by atoms with Crippen LogP contribution < -0.4 is 20.3 Å². The molecule has 0 atom stereocenters. The minimum Gasteiger partial charge on any atom is -0.454 e. The molecule has 1 saturated heterocycles. The van der Waals surface area contributed by atoms with E-state index in [1.54, 1.807) is 30.3 Å². The van der Waals surface area contributed by atoms with Crippen molar-refractivity contribution in [3.63, 3.8) is 0 Å². The van der Waals surface area contributed by atoms with E-state index in [4.69, 9.17) is 31.4 Å². The molecule has 5 rings (SSSR count). The average molecular weight is 525 g/mol. The van der Waals surface area contributed by atoms with Gasteiger partial charge in [0.1, 0.15) is 15.8 Å². The molecule has 36 heavy (non-hydrogen) atoms. The number of pyridine rings is 1. The smallest absolute Gasteiger partial charge is 0.267 e. The fourth-order valence-electron chi connectivity index (χ4n) is 3.95. The third-order valence-corrected chi connectivity index (χ3v) is 7.16. The zero-order valence-corrected chi connectivity index (χ0v) is 21.4. The number of thioether (sulfide) groups is 1. The van der Waals surface area contributed by atoms with Crippen LogP contribution in [0.15, 0.2) is 46.2 Å². The van der Waals surface area contributed by atoms with Crippen molar-refractivity contribution in [2.75, 3.05) is 32.4 Å². The van der Waals surface area contributed by atoms with Gasteiger partial charge in [0.05, 0.1) is 10.5 Å². The van der Waals surface area contributed by atoms with Crippen LogP contribution in [0.4, 0.5) is 5.82 Å². The lowest BCUT2D eigenvalue weighted by Crippen LogP contribution is -2.29. The molecule has 0 radical (unpaired) electrons. The molecule has 2 aliphatic heterocycles. The summed E-state index contributed by atoms with van der Waals surface area (Å²) in [6, 6.07) is 9.34. The zero-order chi connectivity index (χ0) is 25.2. The highest BCUT2D eigenvalue weighted by Gasteiger charge is 2.32. The number of amides is 1. The molecule has 1 N–H and O–H groups in total. The maximum atomic E-state index is 13.6. The molecule has 0 saturated carbocycles. The molecule has 2 aliphatic rings. The lowest BCUT2D eigenvalue weighted by atomic mass is 10.2. The van der Waals surface area contributed by atoms with Crippen molar-refractivity contribution in [1.82, 2.24) is 14.3 Å². The molecule has 3 aromatic rings. The van der Waals surface area contributed by atoms with Crippen LogP contribution in [0.3, 0.4) is 0 Å². The Morgan fingerprint density at radius 2 is 2.06 bits per heavy atom. The normalized spacial score (nSPS) is 15.9. The van der Waals surface area contributed by atoms with Crippen LogP contribution in [0.25, 0.3) is 11.7 Å². The minimum atomic E-state index is -0.276. The number of thiocarbonyl (C=S) groups is 1. The number of anilines is 1. The topological polar surface area (TPSA) is 94.4 Å². The number of benzene rings is 1. The van der Waals surface area contributed by atoms with E-state index in [2.05, 4.69) is 5.32 Å². The Morgan fingerprint density at radius 1 is 1.22 bits per heavy atom. The number of carbonyl (C=O) groups excluding carboxylic acids is 1. The third kappa shape index (κ3) is 4.81. The maximum Gasteiger partial charge on any atom is 0.267 e. The molecular formula is C25H24N4O5S2. The summed E-state index contributed by atoms with van der Waals surface area (Å²) in [5.41, 5.74) is 2.37. The Labute approximate surface area is 217 Å². The van der Waals surface area contributed by atoms with Gasteiger partial charge in [-0.25, -0.2) is 4.98 Å². The van der Waals surface area contributed by atoms with Gasteiger partial charge in [-0.15, -0.1) is 0 Å². The first kappa shape index (κ1) is 24.3. The van der Waals surface area contributed by atoms with E-state index in [9.17, 15) is 9.59 Å². The number of aryl methyl sites for hydroxylation is 1. The minimum absolute atomic E-state index is 0.197. The van der Waals surface area contributed by atoms with Crippen LogP contribution in [0.1, 0.15) is 23.1 Å². The van der Waals surface area contributed by atoms with Gasteiger partial charge >= 0.3 is 0 Å². The van der Waals surface area contributed by atoms with E-state index in [1.807, 2.05) is 31.2 Å². The van der Waals surface area contributed by atoms with E-state index < -0.39 is 0 Å². The summed E-state index contributed by atoms with van der Waals surface area (Å²) < 4.78 is 17.9. The summed E-state index contributed by atoms with van der Waals surface area (Å²) in [4.78, 5) is 33.3. The predicted octanol–water partition coefficient (Wildman–Crippen LogP) is 3.58. The van der Waals surface area contributed by atoms with E-state index >= 15 is 0 Å². The van der Waals surface area contributed by atoms with Crippen molar-refractivity contribution in [1.29, 1.82) is 0 Å². The van der Waals surface area contributed by atoms with Gasteiger partial charge in [0.15, 0.2) is 11.5 Å². The Morgan fingerprint density at radius 3 is 2.89 bits per heavy atom. The molecule has 186 valence electrons. The van der Waals surface area contributed by atoms with Gasteiger partial charge in [-0.05, 0) is 48.7 Å². The first-order chi connectivity index (χ1) is 17.4. The van der Waals surface area contributed by atoms with Crippen LogP contribution in [0, 0.1) is 6.92 Å². The second-order valence-electron chi connectivity index (χ2n) is 8.33. The number of nitrogens with zero attached hydrogens (tertiary/aromatic N) is 3. The highest BCUT2D eigenvalue weighted by Crippen LogP contribution is 2.34. The molecule has 0 bridgehead atoms. The van der Waals surface area contributed by atoms with Crippen LogP contribution in [-0.2, 0) is 16.1 Å². The fourth-order valence-corrected chi connectivity index (χ4v) is 5.24. The number of aromatic nitrogens is 2. The summed E-state index contributed by atoms with van der Waals surface area (Å²) in [5.74, 6) is 1.53. The van der Waals surface area contributed by atoms with Crippen molar-refractivity contribution < 1.29 is 19.0 Å². The molecule has 11 heteroatoms. The number of nitrogens with one attached hydrogen (secondary N) is 1. The van der Waals surface area contributed by atoms with Crippen molar-refractivity contribution in [3.05, 3.63) is 68.5 Å². The van der Waals surface area contributed by atoms with Crippen molar-refractivity contribution in [3.8, 4) is 11.5 Å². The first-order valence-corrected chi connectivity index (χ1v) is 12.6. The molecule has 1 amide bonds. The Hall–Kier alpha value is -3.41. The molecule has 0 spiro atoms. The molecule has 0 unspecified atom stereocenters.